The van der Waals surface area contributed by atoms with Crippen LogP contribution in [0.25, 0.3) is 0 Å². The van der Waals surface area contributed by atoms with E-state index in [0.717, 1.165) is 6.20 Å². The first-order chi connectivity index (χ1) is 7.83. The monoisotopic (exact) mass is 269 g/mol. The molecule has 1 rings (SSSR count). The molecule has 0 fully saturated rings. The van der Waals surface area contributed by atoms with Gasteiger partial charge in [0.15, 0.2) is 6.61 Å². The third-order valence-corrected chi connectivity index (χ3v) is 1.81. The summed E-state index contributed by atoms with van der Waals surface area (Å²) in [5, 5.41) is 0. The van der Waals surface area contributed by atoms with Crippen LogP contribution >= 0.6 is 12.2 Å². The van der Waals surface area contributed by atoms with Crippen LogP contribution in [0, 0.1) is 0 Å². The third kappa shape index (κ3) is 3.77. The van der Waals surface area contributed by atoms with Crippen molar-refractivity contribution in [1.82, 2.24) is 9.97 Å². The Labute approximate surface area is 98.8 Å². The van der Waals surface area contributed by atoms with Gasteiger partial charge in [0.05, 0.1) is 0 Å². The molecule has 17 heavy (non-hydrogen) atoms. The van der Waals surface area contributed by atoms with Crippen LogP contribution in [-0.4, -0.2) is 33.9 Å². The number of halogens is 4. The number of nitrogens with zero attached hydrogens (tertiary/aromatic N) is 2. The number of ether oxygens (including phenoxy) is 1. The van der Waals surface area contributed by atoms with Crippen molar-refractivity contribution < 1.29 is 22.3 Å². The summed E-state index contributed by atoms with van der Waals surface area (Å²) in [7, 11) is 0. The molecule has 0 aromatic carbocycles. The molecule has 0 saturated heterocycles. The van der Waals surface area contributed by atoms with Crippen molar-refractivity contribution in [2.24, 2.45) is 5.73 Å². The van der Waals surface area contributed by atoms with Gasteiger partial charge in [0.25, 0.3) is 0 Å². The zero-order valence-electron chi connectivity index (χ0n) is 8.24. The summed E-state index contributed by atoms with van der Waals surface area (Å²) in [5.74, 6) is -4.26. The summed E-state index contributed by atoms with van der Waals surface area (Å²) in [6.45, 7) is -1.52. The molecule has 0 aliphatic rings. The fourth-order valence-electron chi connectivity index (χ4n) is 0.771. The van der Waals surface area contributed by atoms with E-state index < -0.39 is 25.0 Å². The number of alkyl halides is 4. The fraction of sp³-hybridized carbons (Fsp3) is 0.375. The van der Waals surface area contributed by atoms with Gasteiger partial charge in [-0.3, -0.25) is 0 Å². The lowest BCUT2D eigenvalue weighted by atomic mass is 10.4. The molecule has 9 heteroatoms. The maximum absolute atomic E-state index is 12.5. The molecule has 0 saturated carbocycles. The molecule has 0 radical (unpaired) electrons. The second kappa shape index (κ2) is 5.21. The predicted molar refractivity (Wildman–Crippen MR) is 54.4 cm³/mol. The lowest BCUT2D eigenvalue weighted by molar-refractivity contribution is -0.149. The minimum atomic E-state index is -4.26. The molecule has 0 spiro atoms. The molecule has 0 amide bonds. The molecule has 0 atom stereocenters. The molecule has 94 valence electrons. The van der Waals surface area contributed by atoms with Crippen LogP contribution < -0.4 is 10.5 Å². The van der Waals surface area contributed by atoms with E-state index in [1.165, 1.54) is 6.07 Å². The molecule has 4 nitrogen and oxygen atoms in total. The van der Waals surface area contributed by atoms with Crippen molar-refractivity contribution in [2.75, 3.05) is 6.61 Å². The Morgan fingerprint density at radius 2 is 2.18 bits per heavy atom. The molecule has 1 aromatic rings. The number of hydrogen-bond donors (Lipinski definition) is 1. The van der Waals surface area contributed by atoms with Gasteiger partial charge in [0.2, 0.25) is 0 Å². The highest BCUT2D eigenvalue weighted by Gasteiger charge is 2.42. The summed E-state index contributed by atoms with van der Waals surface area (Å²) in [4.78, 5) is 6.93. The minimum absolute atomic E-state index is 0.0853. The molecule has 0 unspecified atom stereocenters. The van der Waals surface area contributed by atoms with E-state index in [4.69, 9.17) is 5.73 Å². The van der Waals surface area contributed by atoms with Crippen LogP contribution in [0.15, 0.2) is 12.3 Å². The van der Waals surface area contributed by atoms with Gasteiger partial charge < -0.3 is 10.5 Å². The SMILES string of the molecule is NC(=S)c1ccnc(OCC(F)(F)C(F)F)n1. The smallest absolute Gasteiger partial charge is 0.340 e. The van der Waals surface area contributed by atoms with Gasteiger partial charge in [-0.25, -0.2) is 13.8 Å². The van der Waals surface area contributed by atoms with Crippen molar-refractivity contribution in [3.63, 3.8) is 0 Å². The Hall–Kier alpha value is -1.51. The van der Waals surface area contributed by atoms with Gasteiger partial charge in [-0.05, 0) is 6.07 Å². The van der Waals surface area contributed by atoms with Crippen LogP contribution in [0.3, 0.4) is 0 Å². The van der Waals surface area contributed by atoms with Crippen molar-refractivity contribution in [2.45, 2.75) is 12.3 Å². The highest BCUT2D eigenvalue weighted by Crippen LogP contribution is 2.23. The van der Waals surface area contributed by atoms with Gasteiger partial charge in [-0.15, -0.1) is 0 Å². The van der Waals surface area contributed by atoms with Crippen LogP contribution in [0.1, 0.15) is 5.69 Å². The first-order valence-electron chi connectivity index (χ1n) is 4.24. The Kier molecular flexibility index (Phi) is 4.16. The normalized spacial score (nSPS) is 11.6. The van der Waals surface area contributed by atoms with E-state index >= 15 is 0 Å². The highest BCUT2D eigenvalue weighted by molar-refractivity contribution is 7.80. The van der Waals surface area contributed by atoms with Crippen LogP contribution in [-0.2, 0) is 0 Å². The predicted octanol–water partition coefficient (Wildman–Crippen LogP) is 1.39. The first kappa shape index (κ1) is 13.6. The van der Waals surface area contributed by atoms with E-state index in [2.05, 4.69) is 26.9 Å². The fourth-order valence-corrected chi connectivity index (χ4v) is 0.885. The minimum Gasteiger partial charge on any atom is -0.457 e. The number of thiocarbonyl (C=S) groups is 1. The zero-order valence-corrected chi connectivity index (χ0v) is 9.06. The quantitative estimate of drug-likeness (QED) is 0.646. The van der Waals surface area contributed by atoms with Crippen molar-refractivity contribution in [3.05, 3.63) is 18.0 Å². The second-order valence-electron chi connectivity index (χ2n) is 2.94. The Morgan fingerprint density at radius 1 is 1.53 bits per heavy atom. The topological polar surface area (TPSA) is 61.0 Å². The van der Waals surface area contributed by atoms with Crippen molar-refractivity contribution in [1.29, 1.82) is 0 Å². The number of hydrogen-bond acceptors (Lipinski definition) is 4. The van der Waals surface area contributed by atoms with E-state index in [0.29, 0.717) is 0 Å². The maximum atomic E-state index is 12.5. The Morgan fingerprint density at radius 3 is 2.71 bits per heavy atom. The molecular formula is C8H7F4N3OS. The lowest BCUT2D eigenvalue weighted by Crippen LogP contribution is -2.34. The molecule has 0 bridgehead atoms. The van der Waals surface area contributed by atoms with Gasteiger partial charge in [0.1, 0.15) is 10.7 Å². The van der Waals surface area contributed by atoms with Crippen LogP contribution in [0.4, 0.5) is 17.6 Å². The third-order valence-electron chi connectivity index (χ3n) is 1.60. The number of rotatable bonds is 5. The summed E-state index contributed by atoms with van der Waals surface area (Å²) < 4.78 is 53.0. The molecule has 0 aliphatic heterocycles. The van der Waals surface area contributed by atoms with Crippen molar-refractivity contribution in [3.8, 4) is 6.01 Å². The van der Waals surface area contributed by atoms with Gasteiger partial charge in [-0.1, -0.05) is 12.2 Å². The molecule has 1 aromatic heterocycles. The first-order valence-corrected chi connectivity index (χ1v) is 4.65. The van der Waals surface area contributed by atoms with Crippen LogP contribution in [0.5, 0.6) is 6.01 Å². The lowest BCUT2D eigenvalue weighted by Gasteiger charge is -2.14. The average molecular weight is 269 g/mol. The van der Waals surface area contributed by atoms with E-state index in [9.17, 15) is 17.6 Å². The number of aromatic nitrogens is 2. The zero-order chi connectivity index (χ0) is 13.1. The molecular weight excluding hydrogens is 262 g/mol. The maximum Gasteiger partial charge on any atom is 0.340 e. The summed E-state index contributed by atoms with van der Waals surface area (Å²) in [5.41, 5.74) is 5.33. The van der Waals surface area contributed by atoms with E-state index in [1.807, 2.05) is 0 Å². The summed E-state index contributed by atoms with van der Waals surface area (Å²) in [6.07, 6.45) is -2.65. The van der Waals surface area contributed by atoms with Gasteiger partial charge in [-0.2, -0.15) is 13.8 Å². The standard InChI is InChI=1S/C8H7F4N3OS/c9-6(10)8(11,12)3-16-7-14-2-1-4(15-7)5(13)17/h1-2,6H,3H2,(H2,13,17). The Balaban J connectivity index is 2.70. The molecule has 0 aliphatic carbocycles. The summed E-state index contributed by atoms with van der Waals surface area (Å²) in [6, 6.07) is 0.844. The number of nitrogens with two attached hydrogens (primary N) is 1. The second-order valence-corrected chi connectivity index (χ2v) is 3.38. The highest BCUT2D eigenvalue weighted by atomic mass is 32.1. The van der Waals surface area contributed by atoms with Crippen LogP contribution in [0.2, 0.25) is 0 Å². The van der Waals surface area contributed by atoms with Gasteiger partial charge in [0, 0.05) is 6.20 Å². The summed E-state index contributed by atoms with van der Waals surface area (Å²) >= 11 is 4.58. The van der Waals surface area contributed by atoms with Crippen molar-refractivity contribution >= 4 is 17.2 Å². The van der Waals surface area contributed by atoms with Gasteiger partial charge >= 0.3 is 18.4 Å². The van der Waals surface area contributed by atoms with E-state index in [1.54, 1.807) is 0 Å². The molecule has 2 N–H and O–H groups in total. The average Bonchev–Trinajstić information content (AvgIpc) is 2.26. The van der Waals surface area contributed by atoms with E-state index in [-0.39, 0.29) is 10.7 Å². The molecule has 1 heterocycles. The largest absolute Gasteiger partial charge is 0.457 e. The Bertz CT molecular complexity index is 416.